The fourth-order valence-corrected chi connectivity index (χ4v) is 4.07. The first kappa shape index (κ1) is 20.4. The molecular weight excluding hydrogens is 378 g/mol. The molecule has 0 saturated heterocycles. The van der Waals surface area contributed by atoms with Crippen LogP contribution in [0.15, 0.2) is 47.1 Å². The number of hydrogen-bond donors (Lipinski definition) is 2. The molecule has 6 nitrogen and oxygen atoms in total. The highest BCUT2D eigenvalue weighted by Gasteiger charge is 2.36. The van der Waals surface area contributed by atoms with Crippen LogP contribution in [0.1, 0.15) is 47.4 Å². The van der Waals surface area contributed by atoms with E-state index in [0.29, 0.717) is 13.0 Å². The summed E-state index contributed by atoms with van der Waals surface area (Å²) in [5, 5.41) is 3.15. The Morgan fingerprint density at radius 1 is 1.04 bits per heavy atom. The quantitative estimate of drug-likeness (QED) is 0.824. The monoisotopic (exact) mass is 403 g/mol. The third-order valence-corrected chi connectivity index (χ3v) is 5.66. The number of furan rings is 1. The van der Waals surface area contributed by atoms with E-state index in [4.69, 9.17) is 10.2 Å². The lowest BCUT2D eigenvalue weighted by Gasteiger charge is -2.37. The van der Waals surface area contributed by atoms with Crippen LogP contribution in [0.2, 0.25) is 0 Å². The predicted octanol–water partition coefficient (Wildman–Crippen LogP) is 2.65. The van der Waals surface area contributed by atoms with Crippen molar-refractivity contribution < 1.29 is 14.0 Å². The lowest BCUT2D eigenvalue weighted by atomic mass is 9.90. The van der Waals surface area contributed by atoms with Crippen LogP contribution in [0.3, 0.4) is 0 Å². The molecule has 0 radical (unpaired) electrons. The van der Waals surface area contributed by atoms with E-state index in [0.717, 1.165) is 36.8 Å². The molecule has 1 saturated carbocycles. The summed E-state index contributed by atoms with van der Waals surface area (Å²) in [6.45, 7) is 0.406. The molecule has 28 heavy (non-hydrogen) atoms. The number of carbonyl (C=O) groups excluding carboxylic acids is 2. The van der Waals surface area contributed by atoms with Gasteiger partial charge in [0.25, 0.3) is 5.91 Å². The van der Waals surface area contributed by atoms with Gasteiger partial charge in [0.15, 0.2) is 5.76 Å². The van der Waals surface area contributed by atoms with E-state index in [1.165, 1.54) is 6.26 Å². The minimum atomic E-state index is -0.534. The van der Waals surface area contributed by atoms with Crippen LogP contribution in [-0.4, -0.2) is 34.8 Å². The van der Waals surface area contributed by atoms with Crippen molar-refractivity contribution in [2.24, 2.45) is 5.73 Å². The van der Waals surface area contributed by atoms with E-state index in [-0.39, 0.29) is 42.1 Å². The number of fused-ring (bicyclic) bond motifs is 1. The third kappa shape index (κ3) is 4.23. The number of benzene rings is 1. The Morgan fingerprint density at radius 3 is 2.43 bits per heavy atom. The van der Waals surface area contributed by atoms with Gasteiger partial charge in [0, 0.05) is 25.0 Å². The number of hydrogen-bond acceptors (Lipinski definition) is 4. The molecule has 2 aromatic rings. The zero-order chi connectivity index (χ0) is 18.8. The van der Waals surface area contributed by atoms with Gasteiger partial charge in [-0.2, -0.15) is 0 Å². The minimum Gasteiger partial charge on any atom is -0.459 e. The summed E-state index contributed by atoms with van der Waals surface area (Å²) in [6.07, 6.45) is 5.62. The molecule has 2 heterocycles. The van der Waals surface area contributed by atoms with Crippen LogP contribution < -0.4 is 11.1 Å². The number of rotatable bonds is 3. The lowest BCUT2D eigenvalue weighted by molar-refractivity contribution is -0.127. The summed E-state index contributed by atoms with van der Waals surface area (Å²) >= 11 is 0. The van der Waals surface area contributed by atoms with Crippen LogP contribution >= 0.6 is 12.4 Å². The van der Waals surface area contributed by atoms with Crippen LogP contribution in [0.4, 0.5) is 0 Å². The van der Waals surface area contributed by atoms with E-state index in [2.05, 4.69) is 5.32 Å². The van der Waals surface area contributed by atoms with Gasteiger partial charge in [0.05, 0.1) is 6.26 Å². The van der Waals surface area contributed by atoms with Crippen molar-refractivity contribution in [3.63, 3.8) is 0 Å². The highest BCUT2D eigenvalue weighted by Crippen LogP contribution is 2.26. The maximum absolute atomic E-state index is 13.1. The number of nitrogens with one attached hydrogen (secondary N) is 1. The van der Waals surface area contributed by atoms with Crippen LogP contribution in [-0.2, 0) is 17.8 Å². The zero-order valence-corrected chi connectivity index (χ0v) is 16.5. The number of nitrogens with two attached hydrogens (primary N) is 1. The molecule has 1 fully saturated rings. The summed E-state index contributed by atoms with van der Waals surface area (Å²) in [6, 6.07) is 11.1. The van der Waals surface area contributed by atoms with E-state index < -0.39 is 6.04 Å². The molecular formula is C21H26ClN3O3. The van der Waals surface area contributed by atoms with Gasteiger partial charge in [-0.15, -0.1) is 12.4 Å². The summed E-state index contributed by atoms with van der Waals surface area (Å²) in [7, 11) is 0. The van der Waals surface area contributed by atoms with Gasteiger partial charge in [-0.1, -0.05) is 24.3 Å². The number of carbonyl (C=O) groups is 2. The zero-order valence-electron chi connectivity index (χ0n) is 15.7. The first-order valence-electron chi connectivity index (χ1n) is 9.59. The van der Waals surface area contributed by atoms with Crippen molar-refractivity contribution in [3.8, 4) is 0 Å². The Balaban J connectivity index is 0.00000225. The Bertz CT molecular complexity index is 816. The van der Waals surface area contributed by atoms with Crippen molar-refractivity contribution in [2.75, 3.05) is 0 Å². The van der Waals surface area contributed by atoms with Crippen LogP contribution in [0.25, 0.3) is 0 Å². The van der Waals surface area contributed by atoms with Gasteiger partial charge >= 0.3 is 0 Å². The molecule has 2 aliphatic rings. The smallest absolute Gasteiger partial charge is 0.290 e. The van der Waals surface area contributed by atoms with Crippen LogP contribution in [0, 0.1) is 0 Å². The van der Waals surface area contributed by atoms with Gasteiger partial charge in [0.2, 0.25) is 5.91 Å². The maximum atomic E-state index is 13.1. The molecule has 1 aromatic heterocycles. The van der Waals surface area contributed by atoms with Gasteiger partial charge in [-0.05, 0) is 48.9 Å². The molecule has 1 aliphatic carbocycles. The van der Waals surface area contributed by atoms with Gasteiger partial charge in [0.1, 0.15) is 6.04 Å². The van der Waals surface area contributed by atoms with Gasteiger partial charge in [-0.25, -0.2) is 0 Å². The number of nitrogens with zero attached hydrogens (tertiary/aromatic N) is 1. The van der Waals surface area contributed by atoms with Crippen molar-refractivity contribution in [1.29, 1.82) is 0 Å². The second-order valence-electron chi connectivity index (χ2n) is 7.52. The second kappa shape index (κ2) is 8.80. The maximum Gasteiger partial charge on any atom is 0.290 e. The first-order chi connectivity index (χ1) is 13.1. The molecule has 0 spiro atoms. The molecule has 3 N–H and O–H groups in total. The third-order valence-electron chi connectivity index (χ3n) is 5.66. The lowest BCUT2D eigenvalue weighted by Crippen LogP contribution is -2.54. The Hall–Kier alpha value is -2.31. The van der Waals surface area contributed by atoms with Crippen molar-refractivity contribution in [3.05, 3.63) is 59.5 Å². The Kier molecular flexibility index (Phi) is 6.42. The van der Waals surface area contributed by atoms with E-state index >= 15 is 0 Å². The topological polar surface area (TPSA) is 88.6 Å². The largest absolute Gasteiger partial charge is 0.459 e. The fraction of sp³-hybridized carbons (Fsp3) is 0.429. The SMILES string of the molecule is Cl.NC1CCC(NC(=O)C2Cc3ccccc3CN2C(=O)c2ccco2)CC1. The summed E-state index contributed by atoms with van der Waals surface area (Å²) in [4.78, 5) is 27.7. The molecule has 1 atom stereocenters. The molecule has 150 valence electrons. The Labute approximate surface area is 170 Å². The van der Waals surface area contributed by atoms with Crippen molar-refractivity contribution >= 4 is 24.2 Å². The van der Waals surface area contributed by atoms with E-state index in [9.17, 15) is 9.59 Å². The highest BCUT2D eigenvalue weighted by molar-refractivity contribution is 5.96. The number of halogens is 1. The molecule has 7 heteroatoms. The number of amides is 2. The average molecular weight is 404 g/mol. The summed E-state index contributed by atoms with van der Waals surface area (Å²) in [5.41, 5.74) is 8.16. The Morgan fingerprint density at radius 2 is 1.75 bits per heavy atom. The van der Waals surface area contributed by atoms with Crippen molar-refractivity contribution in [1.82, 2.24) is 10.2 Å². The highest BCUT2D eigenvalue weighted by atomic mass is 35.5. The standard InChI is InChI=1S/C21H25N3O3.ClH/c22-16-7-9-17(10-8-16)23-20(25)18-12-14-4-1-2-5-15(14)13-24(18)21(26)19-6-3-11-27-19;/h1-6,11,16-18H,7-10,12-13,22H2,(H,23,25);1H. The van der Waals surface area contributed by atoms with Gasteiger partial charge < -0.3 is 20.4 Å². The molecule has 2 amide bonds. The molecule has 1 aliphatic heterocycles. The summed E-state index contributed by atoms with van der Waals surface area (Å²) in [5.74, 6) is -0.0824. The van der Waals surface area contributed by atoms with E-state index in [1.54, 1.807) is 17.0 Å². The van der Waals surface area contributed by atoms with Gasteiger partial charge in [-0.3, -0.25) is 9.59 Å². The van der Waals surface area contributed by atoms with E-state index in [1.807, 2.05) is 24.3 Å². The second-order valence-corrected chi connectivity index (χ2v) is 7.52. The minimum absolute atomic E-state index is 0. The molecule has 1 aromatic carbocycles. The predicted molar refractivity (Wildman–Crippen MR) is 108 cm³/mol. The van der Waals surface area contributed by atoms with Crippen LogP contribution in [0.5, 0.6) is 0 Å². The van der Waals surface area contributed by atoms with Crippen molar-refractivity contribution in [2.45, 2.75) is 56.8 Å². The molecule has 4 rings (SSSR count). The average Bonchev–Trinajstić information content (AvgIpc) is 3.23. The fourth-order valence-electron chi connectivity index (χ4n) is 4.07. The summed E-state index contributed by atoms with van der Waals surface area (Å²) < 4.78 is 5.29. The first-order valence-corrected chi connectivity index (χ1v) is 9.59. The molecule has 0 bridgehead atoms. The normalized spacial score (nSPS) is 24.0. The molecule has 1 unspecified atom stereocenters.